The summed E-state index contributed by atoms with van der Waals surface area (Å²) in [5, 5.41) is 1.20. The van der Waals surface area contributed by atoms with Crippen molar-refractivity contribution < 1.29 is 22.7 Å². The van der Waals surface area contributed by atoms with Gasteiger partial charge in [0, 0.05) is 38.9 Å². The molecular formula is C30H26F3N5O3S. The summed E-state index contributed by atoms with van der Waals surface area (Å²) in [6.07, 6.45) is -3.07. The predicted octanol–water partition coefficient (Wildman–Crippen LogP) is 5.58. The fourth-order valence-corrected chi connectivity index (χ4v) is 6.04. The minimum atomic E-state index is -4.45. The highest BCUT2D eigenvalue weighted by Gasteiger charge is 2.30. The number of carbonyl (C=O) groups excluding carboxylic acids is 1. The minimum absolute atomic E-state index is 0.0927. The smallest absolute Gasteiger partial charge is 0.416 e. The van der Waals surface area contributed by atoms with Gasteiger partial charge in [0.15, 0.2) is 5.13 Å². The van der Waals surface area contributed by atoms with Gasteiger partial charge in [0.1, 0.15) is 17.0 Å². The van der Waals surface area contributed by atoms with Crippen molar-refractivity contribution >= 4 is 49.5 Å². The topological polar surface area (TPSA) is 80.6 Å². The number of halogens is 3. The number of benzene rings is 2. The number of ether oxygens (including phenoxy) is 1. The molecule has 1 saturated heterocycles. The van der Waals surface area contributed by atoms with Gasteiger partial charge in [-0.25, -0.2) is 14.8 Å². The van der Waals surface area contributed by atoms with Crippen molar-refractivity contribution in [3.8, 4) is 0 Å². The first-order valence-electron chi connectivity index (χ1n) is 13.4. The van der Waals surface area contributed by atoms with E-state index < -0.39 is 23.1 Å². The predicted molar refractivity (Wildman–Crippen MR) is 157 cm³/mol. The Hall–Kier alpha value is -4.45. The molecule has 1 fully saturated rings. The second-order valence-corrected chi connectivity index (χ2v) is 10.9. The van der Waals surface area contributed by atoms with E-state index in [1.54, 1.807) is 35.0 Å². The molecule has 6 rings (SSSR count). The maximum Gasteiger partial charge on any atom is 0.416 e. The Morgan fingerprint density at radius 3 is 2.36 bits per heavy atom. The van der Waals surface area contributed by atoms with E-state index in [0.717, 1.165) is 40.6 Å². The normalized spacial score (nSPS) is 14.1. The number of alkyl halides is 3. The van der Waals surface area contributed by atoms with Crippen LogP contribution in [0.2, 0.25) is 0 Å². The van der Waals surface area contributed by atoms with Crippen molar-refractivity contribution in [1.29, 1.82) is 0 Å². The third-order valence-corrected chi connectivity index (χ3v) is 8.29. The highest BCUT2D eigenvalue weighted by molar-refractivity contribution is 7.22. The summed E-state index contributed by atoms with van der Waals surface area (Å²) in [6, 6.07) is 16.2. The van der Waals surface area contributed by atoms with E-state index in [1.165, 1.54) is 18.3 Å². The number of carbonyl (C=O) groups is 1. The highest BCUT2D eigenvalue weighted by atomic mass is 32.1. The number of aromatic nitrogens is 3. The fraction of sp³-hybridized carbons (Fsp3) is 0.267. The standard InChI is InChI=1S/C30H26F3N5O3S/c1-2-41-28(40)22-18-38(17-19-7-9-20(10-8-19)30(31,32)33)27-21(26(22)39)11-12-25(35-27)36-13-15-37(16-14-36)29-34-23-5-3-4-6-24(23)42-29/h3-12,18H,2,13-17H2,1H3. The zero-order valence-electron chi connectivity index (χ0n) is 22.6. The van der Waals surface area contributed by atoms with Crippen LogP contribution in [0.25, 0.3) is 21.3 Å². The molecule has 0 spiro atoms. The second kappa shape index (κ2) is 11.1. The van der Waals surface area contributed by atoms with Crippen LogP contribution >= 0.6 is 11.3 Å². The Morgan fingerprint density at radius 1 is 0.952 bits per heavy atom. The number of rotatable bonds is 6. The van der Waals surface area contributed by atoms with Crippen LogP contribution in [-0.4, -0.2) is 53.3 Å². The quantitative estimate of drug-likeness (QED) is 0.238. The average Bonchev–Trinajstić information content (AvgIpc) is 3.43. The summed E-state index contributed by atoms with van der Waals surface area (Å²) in [7, 11) is 0. The van der Waals surface area contributed by atoms with E-state index in [4.69, 9.17) is 14.7 Å². The Labute approximate surface area is 242 Å². The van der Waals surface area contributed by atoms with Crippen molar-refractivity contribution in [2.45, 2.75) is 19.6 Å². The molecule has 8 nitrogen and oxygen atoms in total. The van der Waals surface area contributed by atoms with Crippen molar-refractivity contribution in [2.24, 2.45) is 0 Å². The van der Waals surface area contributed by atoms with Gasteiger partial charge in [-0.15, -0.1) is 0 Å². The Bertz CT molecular complexity index is 1790. The summed E-state index contributed by atoms with van der Waals surface area (Å²) < 4.78 is 47.1. The van der Waals surface area contributed by atoms with Gasteiger partial charge in [0.25, 0.3) is 0 Å². The first-order chi connectivity index (χ1) is 20.2. The number of hydrogen-bond acceptors (Lipinski definition) is 8. The SMILES string of the molecule is CCOC(=O)c1cn(Cc2ccc(C(F)(F)F)cc2)c2nc(N3CCN(c4nc5ccccc5s4)CC3)ccc2c1=O. The monoisotopic (exact) mass is 593 g/mol. The van der Waals surface area contributed by atoms with Gasteiger partial charge in [-0.1, -0.05) is 35.6 Å². The molecule has 0 saturated carbocycles. The number of esters is 1. The Morgan fingerprint density at radius 2 is 1.67 bits per heavy atom. The van der Waals surface area contributed by atoms with Gasteiger partial charge in [-0.2, -0.15) is 13.2 Å². The van der Waals surface area contributed by atoms with Crippen LogP contribution in [-0.2, 0) is 17.5 Å². The van der Waals surface area contributed by atoms with E-state index in [1.807, 2.05) is 18.2 Å². The number of pyridine rings is 2. The molecule has 216 valence electrons. The van der Waals surface area contributed by atoms with Crippen LogP contribution in [0.4, 0.5) is 24.1 Å². The van der Waals surface area contributed by atoms with E-state index in [-0.39, 0.29) is 24.1 Å². The lowest BCUT2D eigenvalue weighted by atomic mass is 10.1. The zero-order valence-corrected chi connectivity index (χ0v) is 23.4. The lowest BCUT2D eigenvalue weighted by molar-refractivity contribution is -0.137. The summed E-state index contributed by atoms with van der Waals surface area (Å²) in [4.78, 5) is 39.8. The molecule has 0 amide bonds. The van der Waals surface area contributed by atoms with Gasteiger partial charge in [0.2, 0.25) is 5.43 Å². The van der Waals surface area contributed by atoms with Crippen LogP contribution in [0.3, 0.4) is 0 Å². The molecule has 2 aromatic carbocycles. The number of thiazole rings is 1. The van der Waals surface area contributed by atoms with E-state index in [0.29, 0.717) is 30.1 Å². The number of fused-ring (bicyclic) bond motifs is 2. The number of para-hydroxylation sites is 1. The summed E-state index contributed by atoms with van der Waals surface area (Å²) in [6.45, 7) is 4.67. The molecule has 4 heterocycles. The van der Waals surface area contributed by atoms with Gasteiger partial charge in [-0.05, 0) is 48.9 Å². The molecule has 3 aromatic heterocycles. The third kappa shape index (κ3) is 5.41. The van der Waals surface area contributed by atoms with E-state index in [2.05, 4.69) is 15.9 Å². The Kier molecular flexibility index (Phi) is 7.31. The van der Waals surface area contributed by atoms with Crippen LogP contribution in [0.1, 0.15) is 28.4 Å². The summed E-state index contributed by atoms with van der Waals surface area (Å²) in [5.41, 5.74) is 0.443. The van der Waals surface area contributed by atoms with Crippen LogP contribution in [0.15, 0.2) is 71.7 Å². The molecule has 0 unspecified atom stereocenters. The van der Waals surface area contributed by atoms with Gasteiger partial charge < -0.3 is 19.1 Å². The van der Waals surface area contributed by atoms with Crippen LogP contribution < -0.4 is 15.2 Å². The fourth-order valence-electron chi connectivity index (χ4n) is 5.02. The molecule has 0 bridgehead atoms. The highest BCUT2D eigenvalue weighted by Crippen LogP contribution is 2.31. The number of hydrogen-bond donors (Lipinski definition) is 0. The van der Waals surface area contributed by atoms with Crippen molar-refractivity contribution in [3.05, 3.63) is 93.8 Å². The van der Waals surface area contributed by atoms with E-state index in [9.17, 15) is 22.8 Å². The third-order valence-electron chi connectivity index (χ3n) is 7.19. The number of piperazine rings is 1. The molecule has 5 aromatic rings. The molecule has 1 aliphatic heterocycles. The molecule has 1 aliphatic rings. The Balaban J connectivity index is 1.31. The average molecular weight is 594 g/mol. The summed E-state index contributed by atoms with van der Waals surface area (Å²) in [5.74, 6) is -0.100. The number of nitrogens with zero attached hydrogens (tertiary/aromatic N) is 5. The maximum atomic E-state index is 13.3. The lowest BCUT2D eigenvalue weighted by Gasteiger charge is -2.35. The van der Waals surface area contributed by atoms with Gasteiger partial charge in [0.05, 0.1) is 27.8 Å². The van der Waals surface area contributed by atoms with Gasteiger partial charge >= 0.3 is 12.1 Å². The van der Waals surface area contributed by atoms with Crippen LogP contribution in [0.5, 0.6) is 0 Å². The summed E-state index contributed by atoms with van der Waals surface area (Å²) >= 11 is 1.66. The maximum absolute atomic E-state index is 13.3. The first-order valence-corrected chi connectivity index (χ1v) is 14.3. The largest absolute Gasteiger partial charge is 0.462 e. The van der Waals surface area contributed by atoms with E-state index >= 15 is 0 Å². The molecule has 12 heteroatoms. The molecule has 0 aliphatic carbocycles. The zero-order chi connectivity index (χ0) is 29.4. The minimum Gasteiger partial charge on any atom is -0.462 e. The molecular weight excluding hydrogens is 567 g/mol. The molecule has 0 N–H and O–H groups in total. The molecule has 0 radical (unpaired) electrons. The van der Waals surface area contributed by atoms with Crippen LogP contribution in [0, 0.1) is 0 Å². The molecule has 42 heavy (non-hydrogen) atoms. The van der Waals surface area contributed by atoms with Crippen molar-refractivity contribution in [3.63, 3.8) is 0 Å². The first kappa shape index (κ1) is 27.7. The molecule has 0 atom stereocenters. The van der Waals surface area contributed by atoms with Gasteiger partial charge in [-0.3, -0.25) is 4.79 Å². The lowest BCUT2D eigenvalue weighted by Crippen LogP contribution is -2.46. The second-order valence-electron chi connectivity index (χ2n) is 9.89. The van der Waals surface area contributed by atoms with Crippen molar-refractivity contribution in [2.75, 3.05) is 42.6 Å². The van der Waals surface area contributed by atoms with Crippen molar-refractivity contribution in [1.82, 2.24) is 14.5 Å². The number of anilines is 2.